The lowest BCUT2D eigenvalue weighted by molar-refractivity contribution is -0.303. The number of ether oxygens (including phenoxy) is 3. The molecule has 6 atom stereocenters. The third kappa shape index (κ3) is 4.90. The van der Waals surface area contributed by atoms with Crippen molar-refractivity contribution in [3.05, 3.63) is 47.9 Å². The number of carboxylic acid groups (broad SMARTS) is 1. The van der Waals surface area contributed by atoms with Crippen molar-refractivity contribution in [2.75, 3.05) is 13.7 Å². The second kappa shape index (κ2) is 9.95. The Kier molecular flexibility index (Phi) is 7.02. The lowest BCUT2D eigenvalue weighted by Gasteiger charge is -2.41. The monoisotopic (exact) mass is 462 g/mol. The van der Waals surface area contributed by atoms with Gasteiger partial charge in [-0.05, 0) is 17.5 Å². The number of nitrogens with one attached hydrogen (secondary N) is 1. The number of carboxylic acids is 1. The van der Waals surface area contributed by atoms with E-state index < -0.39 is 49.3 Å². The fourth-order valence-corrected chi connectivity index (χ4v) is 3.90. The van der Waals surface area contributed by atoms with Gasteiger partial charge in [0.05, 0.1) is 19.4 Å². The summed E-state index contributed by atoms with van der Waals surface area (Å²) in [6.45, 7) is -0.649. The Morgan fingerprint density at radius 2 is 2.09 bits per heavy atom. The molecule has 2 aromatic heterocycles. The van der Waals surface area contributed by atoms with Crippen LogP contribution in [0.3, 0.4) is 0 Å². The van der Waals surface area contributed by atoms with Crippen LogP contribution in [0.1, 0.15) is 17.4 Å². The molecule has 1 aliphatic heterocycles. The highest BCUT2D eigenvalue weighted by atomic mass is 16.7. The summed E-state index contributed by atoms with van der Waals surface area (Å²) in [7, 11) is 1.32. The molecule has 4 rings (SSSR count). The number of aliphatic hydroxyl groups is 3. The van der Waals surface area contributed by atoms with Gasteiger partial charge in [-0.15, -0.1) is 5.10 Å². The van der Waals surface area contributed by atoms with Gasteiger partial charge in [0.15, 0.2) is 12.3 Å². The molecule has 0 saturated carbocycles. The van der Waals surface area contributed by atoms with E-state index in [1.807, 2.05) is 30.3 Å². The molecular weight excluding hydrogens is 436 g/mol. The summed E-state index contributed by atoms with van der Waals surface area (Å²) in [6, 6.07) is 8.53. The third-order valence-electron chi connectivity index (χ3n) is 5.64. The Morgan fingerprint density at radius 1 is 1.30 bits per heavy atom. The standard InChI is InChI=1S/C21H26N4O8/c1-31-21-18(28)19(17(27)16(9-26)33-21)32-10-13-8-25(24-23-13)15(20(29)30)7-12-6-11-4-2-3-5-14(11)22-12/h2-6,8,15-19,21-22,26-28H,7,9-10H2,1H3,(H,29,30)/t15-,16+,17-,18+,19-,21-/m0/s1. The van der Waals surface area contributed by atoms with Crippen molar-refractivity contribution >= 4 is 16.9 Å². The predicted octanol–water partition coefficient (Wildman–Crippen LogP) is -0.402. The van der Waals surface area contributed by atoms with Gasteiger partial charge < -0.3 is 39.6 Å². The molecule has 0 radical (unpaired) electrons. The molecule has 0 spiro atoms. The van der Waals surface area contributed by atoms with Crippen LogP contribution in [-0.2, 0) is 32.0 Å². The Bertz CT molecular complexity index is 1040. The van der Waals surface area contributed by atoms with Crippen LogP contribution in [0.25, 0.3) is 10.9 Å². The molecule has 1 fully saturated rings. The zero-order valence-electron chi connectivity index (χ0n) is 17.8. The number of nitrogens with zero attached hydrogens (tertiary/aromatic N) is 3. The summed E-state index contributed by atoms with van der Waals surface area (Å²) in [5.74, 6) is -1.07. The minimum absolute atomic E-state index is 0.161. The zero-order valence-corrected chi connectivity index (χ0v) is 17.8. The number of methoxy groups -OCH3 is 1. The van der Waals surface area contributed by atoms with E-state index in [9.17, 15) is 25.2 Å². The second-order valence-electron chi connectivity index (χ2n) is 7.85. The molecule has 12 nitrogen and oxygen atoms in total. The van der Waals surface area contributed by atoms with Crippen LogP contribution in [0.15, 0.2) is 36.5 Å². The second-order valence-corrected chi connectivity index (χ2v) is 7.85. The van der Waals surface area contributed by atoms with Gasteiger partial charge in [-0.2, -0.15) is 0 Å². The molecule has 1 aromatic carbocycles. The fraction of sp³-hybridized carbons (Fsp3) is 0.476. The fourth-order valence-electron chi connectivity index (χ4n) is 3.90. The maximum absolute atomic E-state index is 11.9. The molecular formula is C21H26N4O8. The minimum atomic E-state index is -1.31. The first-order valence-corrected chi connectivity index (χ1v) is 10.4. The van der Waals surface area contributed by atoms with Crippen LogP contribution in [0, 0.1) is 0 Å². The number of hydrogen-bond acceptors (Lipinski definition) is 9. The average molecular weight is 462 g/mol. The number of fused-ring (bicyclic) bond motifs is 1. The van der Waals surface area contributed by atoms with E-state index in [1.165, 1.54) is 18.0 Å². The summed E-state index contributed by atoms with van der Waals surface area (Å²) in [6.07, 6.45) is -4.20. The Labute approximate surface area is 188 Å². The molecule has 33 heavy (non-hydrogen) atoms. The van der Waals surface area contributed by atoms with E-state index in [0.29, 0.717) is 5.69 Å². The van der Waals surface area contributed by atoms with E-state index in [-0.39, 0.29) is 13.0 Å². The predicted molar refractivity (Wildman–Crippen MR) is 112 cm³/mol. The highest BCUT2D eigenvalue weighted by Gasteiger charge is 2.45. The Hall–Kier alpha value is -2.87. The highest BCUT2D eigenvalue weighted by Crippen LogP contribution is 2.25. The highest BCUT2D eigenvalue weighted by molar-refractivity contribution is 5.80. The molecule has 0 unspecified atom stereocenters. The van der Waals surface area contributed by atoms with Crippen LogP contribution in [0.4, 0.5) is 0 Å². The lowest BCUT2D eigenvalue weighted by Crippen LogP contribution is -2.59. The molecule has 5 N–H and O–H groups in total. The van der Waals surface area contributed by atoms with E-state index in [4.69, 9.17) is 14.2 Å². The van der Waals surface area contributed by atoms with E-state index in [1.54, 1.807) is 0 Å². The third-order valence-corrected chi connectivity index (χ3v) is 5.64. The SMILES string of the molecule is CO[C@H]1O[C@H](CO)[C@H](O)[C@H](OCc2cn([C@@H](Cc3cc4ccccc4[nH]3)C(=O)O)nn2)[C@H]1O. The van der Waals surface area contributed by atoms with Crippen molar-refractivity contribution in [2.24, 2.45) is 0 Å². The van der Waals surface area contributed by atoms with Gasteiger partial charge >= 0.3 is 5.97 Å². The van der Waals surface area contributed by atoms with Crippen molar-refractivity contribution in [3.8, 4) is 0 Å². The smallest absolute Gasteiger partial charge is 0.328 e. The number of aliphatic carboxylic acids is 1. The topological polar surface area (TPSA) is 172 Å². The van der Waals surface area contributed by atoms with Crippen LogP contribution in [0.5, 0.6) is 0 Å². The van der Waals surface area contributed by atoms with Crippen molar-refractivity contribution in [1.29, 1.82) is 0 Å². The Morgan fingerprint density at radius 3 is 2.79 bits per heavy atom. The number of aromatic amines is 1. The summed E-state index contributed by atoms with van der Waals surface area (Å²) in [5, 5.41) is 48.7. The molecule has 3 heterocycles. The van der Waals surface area contributed by atoms with Crippen molar-refractivity contribution in [1.82, 2.24) is 20.0 Å². The van der Waals surface area contributed by atoms with Gasteiger partial charge in [0, 0.05) is 24.7 Å². The van der Waals surface area contributed by atoms with Gasteiger partial charge in [-0.1, -0.05) is 23.4 Å². The molecule has 1 saturated heterocycles. The molecule has 3 aromatic rings. The van der Waals surface area contributed by atoms with Crippen molar-refractivity contribution < 1.29 is 39.4 Å². The number of hydrogen-bond donors (Lipinski definition) is 5. The normalized spacial score (nSPS) is 26.5. The van der Waals surface area contributed by atoms with E-state index in [0.717, 1.165) is 16.6 Å². The summed E-state index contributed by atoms with van der Waals surface area (Å²) in [5.41, 5.74) is 1.96. The quantitative estimate of drug-likeness (QED) is 0.282. The van der Waals surface area contributed by atoms with Crippen molar-refractivity contribution in [3.63, 3.8) is 0 Å². The molecule has 1 aliphatic rings. The molecule has 12 heteroatoms. The summed E-state index contributed by atoms with van der Waals surface area (Å²) < 4.78 is 17.2. The van der Waals surface area contributed by atoms with Gasteiger partial charge in [0.2, 0.25) is 0 Å². The molecule has 0 bridgehead atoms. The lowest BCUT2D eigenvalue weighted by atomic mass is 9.99. The van der Waals surface area contributed by atoms with Crippen LogP contribution in [-0.4, -0.2) is 90.8 Å². The van der Waals surface area contributed by atoms with E-state index >= 15 is 0 Å². The van der Waals surface area contributed by atoms with Gasteiger partial charge in [0.25, 0.3) is 0 Å². The number of rotatable bonds is 9. The Balaban J connectivity index is 1.44. The maximum Gasteiger partial charge on any atom is 0.328 e. The van der Waals surface area contributed by atoms with Crippen LogP contribution in [0.2, 0.25) is 0 Å². The summed E-state index contributed by atoms with van der Waals surface area (Å²) in [4.78, 5) is 15.1. The number of aliphatic hydroxyl groups excluding tert-OH is 3. The van der Waals surface area contributed by atoms with Gasteiger partial charge in [0.1, 0.15) is 30.1 Å². The first kappa shape index (κ1) is 23.3. The molecule has 178 valence electrons. The first-order chi connectivity index (χ1) is 15.9. The van der Waals surface area contributed by atoms with Crippen LogP contribution < -0.4 is 0 Å². The summed E-state index contributed by atoms with van der Waals surface area (Å²) >= 11 is 0. The number of benzene rings is 1. The number of carbonyl (C=O) groups is 1. The number of para-hydroxylation sites is 1. The molecule has 0 amide bonds. The van der Waals surface area contributed by atoms with Gasteiger partial charge in [-0.25, -0.2) is 9.48 Å². The van der Waals surface area contributed by atoms with Crippen LogP contribution >= 0.6 is 0 Å². The zero-order chi connectivity index (χ0) is 23.5. The average Bonchev–Trinajstić information content (AvgIpc) is 3.44. The van der Waals surface area contributed by atoms with E-state index in [2.05, 4.69) is 15.3 Å². The first-order valence-electron chi connectivity index (χ1n) is 10.4. The maximum atomic E-state index is 11.9. The molecule has 0 aliphatic carbocycles. The van der Waals surface area contributed by atoms with Gasteiger partial charge in [-0.3, -0.25) is 0 Å². The largest absolute Gasteiger partial charge is 0.480 e. The number of aromatic nitrogens is 4. The number of H-pyrrole nitrogens is 1. The minimum Gasteiger partial charge on any atom is -0.480 e. The van der Waals surface area contributed by atoms with Crippen molar-refractivity contribution in [2.45, 2.75) is 49.8 Å².